The van der Waals surface area contributed by atoms with Crippen LogP contribution >= 0.6 is 23.2 Å². The van der Waals surface area contributed by atoms with Crippen LogP contribution in [0.4, 0.5) is 11.4 Å². The first-order valence-corrected chi connectivity index (χ1v) is 10.4. The molecule has 0 saturated heterocycles. The van der Waals surface area contributed by atoms with Crippen molar-refractivity contribution < 1.29 is 33.5 Å². The number of nitrogens with zero attached hydrogens (tertiary/aromatic N) is 1. The van der Waals surface area contributed by atoms with Crippen LogP contribution in [0.3, 0.4) is 0 Å². The summed E-state index contributed by atoms with van der Waals surface area (Å²) in [5.74, 6) is 1.02. The summed E-state index contributed by atoms with van der Waals surface area (Å²) in [5.41, 5.74) is 5.40. The van der Waals surface area contributed by atoms with Crippen LogP contribution in [0.25, 0.3) is 0 Å². The summed E-state index contributed by atoms with van der Waals surface area (Å²) in [4.78, 5) is 33.3. The van der Waals surface area contributed by atoms with E-state index in [1.54, 1.807) is 0 Å². The molecule has 0 heterocycles. The first kappa shape index (κ1) is 26.0. The quantitative estimate of drug-likeness (QED) is 0.137. The Hall–Kier alpha value is -3.24. The topological polar surface area (TPSA) is 140 Å². The van der Waals surface area contributed by atoms with Crippen LogP contribution in [0, 0.1) is 10.1 Å². The summed E-state index contributed by atoms with van der Waals surface area (Å²) in [6.07, 6.45) is 2.01. The molecular formula is C21H22Cl2N2O8. The van der Waals surface area contributed by atoms with Gasteiger partial charge in [0.1, 0.15) is 5.56 Å². The Morgan fingerprint density at radius 3 is 1.79 bits per heavy atom. The number of nitro groups is 1. The number of rotatable bonds is 13. The van der Waals surface area contributed by atoms with Gasteiger partial charge >= 0.3 is 0 Å². The smallest absolute Gasteiger partial charge is 0.285 e. The minimum absolute atomic E-state index is 0.135. The zero-order valence-electron chi connectivity index (χ0n) is 17.9. The summed E-state index contributed by atoms with van der Waals surface area (Å²) in [6.45, 7) is 0.607. The van der Waals surface area contributed by atoms with Crippen molar-refractivity contribution in [3.8, 4) is 23.0 Å². The van der Waals surface area contributed by atoms with E-state index in [1.165, 1.54) is 32.4 Å². The van der Waals surface area contributed by atoms with Crippen LogP contribution in [0.5, 0.6) is 23.0 Å². The van der Waals surface area contributed by atoms with Crippen LogP contribution in [0.1, 0.15) is 40.0 Å². The van der Waals surface area contributed by atoms with Crippen molar-refractivity contribution >= 4 is 45.1 Å². The molecule has 0 aliphatic heterocycles. The van der Waals surface area contributed by atoms with Gasteiger partial charge in [0.05, 0.1) is 44.0 Å². The molecule has 0 aliphatic rings. The average Bonchev–Trinajstić information content (AvgIpc) is 2.77. The number of benzene rings is 2. The standard InChI is InChI=1S/C21H22Cl2N2O8/c1-30-16-8-12(20(22)26)14(24)10-18(16)32-6-4-3-5-7-33-19-11-15(25(28)29)13(21(23)27)9-17(19)31-2/h8-11H,3-7,24H2,1-2H3. The molecule has 0 bridgehead atoms. The lowest BCUT2D eigenvalue weighted by Crippen LogP contribution is -2.05. The Kier molecular flexibility index (Phi) is 9.56. The molecule has 0 atom stereocenters. The molecule has 0 radical (unpaired) electrons. The number of unbranched alkanes of at least 4 members (excludes halogenated alkanes) is 2. The molecule has 12 heteroatoms. The Morgan fingerprint density at radius 2 is 1.33 bits per heavy atom. The second-order valence-electron chi connectivity index (χ2n) is 6.67. The van der Waals surface area contributed by atoms with Crippen molar-refractivity contribution in [1.29, 1.82) is 0 Å². The summed E-state index contributed by atoms with van der Waals surface area (Å²) < 4.78 is 21.6. The van der Waals surface area contributed by atoms with Gasteiger partial charge in [0.25, 0.3) is 16.2 Å². The molecular weight excluding hydrogens is 479 g/mol. The van der Waals surface area contributed by atoms with Gasteiger partial charge in [-0.15, -0.1) is 0 Å². The Labute approximate surface area is 199 Å². The summed E-state index contributed by atoms with van der Waals surface area (Å²) in [5, 5.41) is 9.55. The zero-order chi connectivity index (χ0) is 24.5. The van der Waals surface area contributed by atoms with Gasteiger partial charge in [-0.2, -0.15) is 0 Å². The Morgan fingerprint density at radius 1 is 0.848 bits per heavy atom. The number of hydrogen-bond donors (Lipinski definition) is 1. The fraction of sp³-hybridized carbons (Fsp3) is 0.333. The van der Waals surface area contributed by atoms with Gasteiger partial charge < -0.3 is 24.7 Å². The van der Waals surface area contributed by atoms with E-state index in [4.69, 9.17) is 47.9 Å². The average molecular weight is 501 g/mol. The Balaban J connectivity index is 1.88. The fourth-order valence-corrected chi connectivity index (χ4v) is 3.21. The molecule has 10 nitrogen and oxygen atoms in total. The molecule has 0 aliphatic carbocycles. The van der Waals surface area contributed by atoms with E-state index in [0.29, 0.717) is 30.9 Å². The predicted octanol–water partition coefficient (Wildman–Crippen LogP) is 4.58. The van der Waals surface area contributed by atoms with Crippen LogP contribution in [-0.4, -0.2) is 42.8 Å². The number of ether oxygens (including phenoxy) is 4. The number of nitro benzene ring substituents is 1. The van der Waals surface area contributed by atoms with E-state index in [0.717, 1.165) is 12.5 Å². The third-order valence-corrected chi connectivity index (χ3v) is 4.95. The third-order valence-electron chi connectivity index (χ3n) is 4.54. The summed E-state index contributed by atoms with van der Waals surface area (Å²) in [6, 6.07) is 5.19. The number of methoxy groups -OCH3 is 2. The lowest BCUT2D eigenvalue weighted by atomic mass is 10.1. The predicted molar refractivity (Wildman–Crippen MR) is 122 cm³/mol. The van der Waals surface area contributed by atoms with Crippen molar-refractivity contribution in [2.24, 2.45) is 0 Å². The number of halogens is 2. The van der Waals surface area contributed by atoms with Gasteiger partial charge in [-0.05, 0) is 48.5 Å². The molecule has 0 saturated carbocycles. The van der Waals surface area contributed by atoms with Crippen LogP contribution in [0.15, 0.2) is 24.3 Å². The molecule has 2 aromatic rings. The van der Waals surface area contributed by atoms with E-state index in [1.807, 2.05) is 0 Å². The van der Waals surface area contributed by atoms with Gasteiger partial charge in [0, 0.05) is 17.8 Å². The van der Waals surface area contributed by atoms with Crippen molar-refractivity contribution in [2.75, 3.05) is 33.2 Å². The highest BCUT2D eigenvalue weighted by molar-refractivity contribution is 6.68. The highest BCUT2D eigenvalue weighted by Gasteiger charge is 2.23. The number of carbonyl (C=O) groups excluding carboxylic acids is 2. The molecule has 2 rings (SSSR count). The minimum atomic E-state index is -0.964. The third kappa shape index (κ3) is 6.87. The second kappa shape index (κ2) is 12.1. The maximum atomic E-state index is 11.4. The monoisotopic (exact) mass is 500 g/mol. The van der Waals surface area contributed by atoms with E-state index in [9.17, 15) is 19.7 Å². The van der Waals surface area contributed by atoms with E-state index >= 15 is 0 Å². The zero-order valence-corrected chi connectivity index (χ0v) is 19.4. The first-order chi connectivity index (χ1) is 15.7. The van der Waals surface area contributed by atoms with Crippen LogP contribution < -0.4 is 24.7 Å². The SMILES string of the molecule is COc1cc(C(=O)Cl)c(N)cc1OCCCCCOc1cc([N+](=O)[O-])c(C(=O)Cl)cc1OC. The maximum Gasteiger partial charge on any atom is 0.285 e. The number of anilines is 1. The van der Waals surface area contributed by atoms with Gasteiger partial charge in [-0.25, -0.2) is 0 Å². The number of nitrogens with two attached hydrogens (primary N) is 1. The molecule has 0 fully saturated rings. The number of hydrogen-bond acceptors (Lipinski definition) is 9. The highest BCUT2D eigenvalue weighted by Crippen LogP contribution is 2.36. The van der Waals surface area contributed by atoms with Crippen molar-refractivity contribution in [3.05, 3.63) is 45.5 Å². The second-order valence-corrected chi connectivity index (χ2v) is 7.36. The molecule has 0 amide bonds. The Bertz CT molecular complexity index is 1050. The molecule has 0 spiro atoms. The van der Waals surface area contributed by atoms with Gasteiger partial charge in [0.2, 0.25) is 0 Å². The van der Waals surface area contributed by atoms with E-state index < -0.39 is 21.1 Å². The first-order valence-electron chi connectivity index (χ1n) is 9.68. The maximum absolute atomic E-state index is 11.4. The molecule has 33 heavy (non-hydrogen) atoms. The van der Waals surface area contributed by atoms with E-state index in [2.05, 4.69) is 0 Å². The van der Waals surface area contributed by atoms with Crippen LogP contribution in [0.2, 0.25) is 0 Å². The normalized spacial score (nSPS) is 10.4. The largest absolute Gasteiger partial charge is 0.493 e. The summed E-state index contributed by atoms with van der Waals surface area (Å²) in [7, 11) is 2.79. The lowest BCUT2D eigenvalue weighted by Gasteiger charge is -2.13. The van der Waals surface area contributed by atoms with Crippen LogP contribution in [-0.2, 0) is 0 Å². The molecule has 178 valence electrons. The molecule has 0 aromatic heterocycles. The number of carbonyl (C=O) groups is 2. The fourth-order valence-electron chi connectivity index (χ4n) is 2.89. The minimum Gasteiger partial charge on any atom is -0.493 e. The van der Waals surface area contributed by atoms with Gasteiger partial charge in [0.15, 0.2) is 23.0 Å². The van der Waals surface area contributed by atoms with Crippen molar-refractivity contribution in [3.63, 3.8) is 0 Å². The van der Waals surface area contributed by atoms with Crippen molar-refractivity contribution in [1.82, 2.24) is 0 Å². The van der Waals surface area contributed by atoms with Gasteiger partial charge in [-0.1, -0.05) is 0 Å². The highest BCUT2D eigenvalue weighted by atomic mass is 35.5. The summed E-state index contributed by atoms with van der Waals surface area (Å²) >= 11 is 10.9. The number of nitrogen functional groups attached to an aromatic ring is 1. The molecule has 0 unspecified atom stereocenters. The lowest BCUT2D eigenvalue weighted by molar-refractivity contribution is -0.385. The molecule has 2 aromatic carbocycles. The van der Waals surface area contributed by atoms with E-state index in [-0.39, 0.29) is 34.9 Å². The molecule has 2 N–H and O–H groups in total. The van der Waals surface area contributed by atoms with Crippen molar-refractivity contribution in [2.45, 2.75) is 19.3 Å². The van der Waals surface area contributed by atoms with Gasteiger partial charge in [-0.3, -0.25) is 19.7 Å².